The van der Waals surface area contributed by atoms with E-state index in [1.54, 1.807) is 0 Å². The second-order valence-electron chi connectivity index (χ2n) is 6.55. The van der Waals surface area contributed by atoms with E-state index in [-0.39, 0.29) is 24.4 Å². The van der Waals surface area contributed by atoms with E-state index in [0.717, 1.165) is 19.6 Å². The van der Waals surface area contributed by atoms with Gasteiger partial charge in [-0.2, -0.15) is 0 Å². The van der Waals surface area contributed by atoms with Crippen LogP contribution in [-0.4, -0.2) is 47.8 Å². The van der Waals surface area contributed by atoms with Crippen LogP contribution in [0.25, 0.3) is 0 Å². The average molecular weight is 415 g/mol. The number of ether oxygens (including phenoxy) is 3. The summed E-state index contributed by atoms with van der Waals surface area (Å²) in [6, 6.07) is 19.4. The van der Waals surface area contributed by atoms with Crippen LogP contribution in [0.2, 0.25) is 0 Å². The monoisotopic (exact) mass is 414 g/mol. The normalized spacial score (nSPS) is 15.2. The summed E-state index contributed by atoms with van der Waals surface area (Å²) in [7, 11) is 0. The van der Waals surface area contributed by atoms with E-state index in [9.17, 15) is 0 Å². The summed E-state index contributed by atoms with van der Waals surface area (Å²) in [5, 5.41) is 0. The number of rotatable bonds is 6. The molecule has 4 rings (SSSR count). The number of halogens is 1. The number of quaternary nitrogens is 1. The number of hydrogen-bond acceptors (Lipinski definition) is 6. The van der Waals surface area contributed by atoms with Crippen molar-refractivity contribution in [3.63, 3.8) is 0 Å². The first-order chi connectivity index (χ1) is 13.8. The van der Waals surface area contributed by atoms with Crippen LogP contribution in [-0.2, 0) is 4.74 Å². The van der Waals surface area contributed by atoms with Gasteiger partial charge in [-0.25, -0.2) is 0 Å². The zero-order valence-corrected chi connectivity index (χ0v) is 17.0. The Morgan fingerprint density at radius 2 is 1.28 bits per heavy atom. The smallest absolute Gasteiger partial charge is 0.338 e. The van der Waals surface area contributed by atoms with Crippen LogP contribution in [0, 0.1) is 0 Å². The Hall–Kier alpha value is -2.74. The quantitative estimate of drug-likeness (QED) is 0.556. The summed E-state index contributed by atoms with van der Waals surface area (Å²) in [5.74, 6) is 1.96. The molecule has 1 aromatic heterocycles. The third kappa shape index (κ3) is 5.00. The van der Waals surface area contributed by atoms with Gasteiger partial charge in [0.05, 0.1) is 19.8 Å². The molecule has 2 heterocycles. The lowest BCUT2D eigenvalue weighted by Gasteiger charge is -2.37. The average Bonchev–Trinajstić information content (AvgIpc) is 2.75. The Bertz CT molecular complexity index is 847. The maximum Gasteiger partial charge on any atom is 0.338 e. The van der Waals surface area contributed by atoms with Gasteiger partial charge in [0.1, 0.15) is 24.6 Å². The predicted octanol–water partition coefficient (Wildman–Crippen LogP) is 0.818. The fraction of sp³-hybridized carbons (Fsp3) is 0.286. The van der Waals surface area contributed by atoms with Crippen LogP contribution in [0.15, 0.2) is 60.7 Å². The molecule has 0 amide bonds. The number of morpholine rings is 1. The highest BCUT2D eigenvalue weighted by molar-refractivity contribution is 5.33. The molecule has 0 saturated carbocycles. The molecule has 1 aliphatic heterocycles. The van der Waals surface area contributed by atoms with E-state index in [4.69, 9.17) is 14.2 Å². The van der Waals surface area contributed by atoms with E-state index >= 15 is 0 Å². The fourth-order valence-electron chi connectivity index (χ4n) is 3.17. The maximum absolute atomic E-state index is 5.89. The predicted molar refractivity (Wildman–Crippen MR) is 106 cm³/mol. The van der Waals surface area contributed by atoms with Crippen molar-refractivity contribution >= 4 is 5.95 Å². The van der Waals surface area contributed by atoms with Crippen LogP contribution < -0.4 is 26.4 Å². The molecular formula is C21H23ClN4O3. The molecular weight excluding hydrogens is 392 g/mol. The van der Waals surface area contributed by atoms with Crippen molar-refractivity contribution in [1.29, 1.82) is 0 Å². The van der Waals surface area contributed by atoms with Gasteiger partial charge >= 0.3 is 18.0 Å². The highest BCUT2D eigenvalue weighted by Gasteiger charge is 2.36. The molecule has 3 aromatic rings. The van der Waals surface area contributed by atoms with Gasteiger partial charge in [0.25, 0.3) is 0 Å². The maximum atomic E-state index is 5.89. The highest BCUT2D eigenvalue weighted by Crippen LogP contribution is 2.28. The fourth-order valence-corrected chi connectivity index (χ4v) is 3.17. The van der Waals surface area contributed by atoms with E-state index in [1.807, 2.05) is 60.7 Å². The molecule has 0 bridgehead atoms. The zero-order valence-electron chi connectivity index (χ0n) is 16.2. The Morgan fingerprint density at radius 1 is 0.793 bits per heavy atom. The van der Waals surface area contributed by atoms with Crippen LogP contribution in [0.3, 0.4) is 0 Å². The Labute approximate surface area is 176 Å². The second-order valence-corrected chi connectivity index (χ2v) is 6.55. The minimum absolute atomic E-state index is 0. The van der Waals surface area contributed by atoms with Crippen LogP contribution >= 0.6 is 0 Å². The molecule has 0 aliphatic carbocycles. The van der Waals surface area contributed by atoms with Gasteiger partial charge in [0, 0.05) is 0 Å². The molecule has 1 fully saturated rings. The van der Waals surface area contributed by atoms with Crippen molar-refractivity contribution in [3.8, 4) is 23.5 Å². The molecule has 7 nitrogen and oxygen atoms in total. The number of nitrogens with zero attached hydrogens (tertiary/aromatic N) is 4. The number of likely N-dealkylation sites (N-methyl/N-ethyl adjacent to an activating group) is 1. The Balaban J connectivity index is 0.00000240. The summed E-state index contributed by atoms with van der Waals surface area (Å²) in [6.07, 6.45) is 0. The topological polar surface area (TPSA) is 66.4 Å². The minimum atomic E-state index is 0. The van der Waals surface area contributed by atoms with Crippen molar-refractivity contribution in [1.82, 2.24) is 19.4 Å². The Kier molecular flexibility index (Phi) is 6.98. The molecule has 0 atom stereocenters. The summed E-state index contributed by atoms with van der Waals surface area (Å²) < 4.78 is 17.9. The van der Waals surface area contributed by atoms with Crippen molar-refractivity contribution in [2.24, 2.45) is 0 Å². The molecule has 0 spiro atoms. The molecule has 0 unspecified atom stereocenters. The van der Waals surface area contributed by atoms with Gasteiger partial charge in [-0.05, 0) is 31.2 Å². The van der Waals surface area contributed by atoms with Crippen LogP contribution in [0.5, 0.6) is 23.5 Å². The lowest BCUT2D eigenvalue weighted by molar-refractivity contribution is -0.00000885. The molecule has 29 heavy (non-hydrogen) atoms. The first kappa shape index (κ1) is 21.0. The lowest BCUT2D eigenvalue weighted by atomic mass is 10.3. The molecule has 2 aromatic carbocycles. The van der Waals surface area contributed by atoms with E-state index in [1.165, 1.54) is 0 Å². The van der Waals surface area contributed by atoms with E-state index in [0.29, 0.717) is 35.1 Å². The van der Waals surface area contributed by atoms with Crippen molar-refractivity contribution in [2.75, 3.05) is 32.8 Å². The highest BCUT2D eigenvalue weighted by atomic mass is 35.5. The van der Waals surface area contributed by atoms with Crippen LogP contribution in [0.1, 0.15) is 6.92 Å². The summed E-state index contributed by atoms with van der Waals surface area (Å²) >= 11 is 0. The van der Waals surface area contributed by atoms with Gasteiger partial charge in [0.15, 0.2) is 0 Å². The molecule has 0 radical (unpaired) electrons. The first-order valence-electron chi connectivity index (χ1n) is 9.44. The van der Waals surface area contributed by atoms with Crippen molar-refractivity contribution in [3.05, 3.63) is 60.7 Å². The third-order valence-electron chi connectivity index (χ3n) is 4.84. The summed E-state index contributed by atoms with van der Waals surface area (Å²) in [4.78, 5) is 13.6. The number of para-hydroxylation sites is 2. The number of benzene rings is 2. The van der Waals surface area contributed by atoms with Gasteiger partial charge in [0.2, 0.25) is 0 Å². The zero-order chi connectivity index (χ0) is 19.2. The minimum Gasteiger partial charge on any atom is -1.00 e. The first-order valence-corrected chi connectivity index (χ1v) is 9.44. The van der Waals surface area contributed by atoms with E-state index in [2.05, 4.69) is 21.9 Å². The molecule has 8 heteroatoms. The van der Waals surface area contributed by atoms with Gasteiger partial charge < -0.3 is 26.6 Å². The van der Waals surface area contributed by atoms with Gasteiger partial charge in [-0.15, -0.1) is 15.0 Å². The largest absolute Gasteiger partial charge is 1.00 e. The van der Waals surface area contributed by atoms with E-state index < -0.39 is 0 Å². The second kappa shape index (κ2) is 9.65. The SMILES string of the molecule is CC[N+]1(c2nc(Oc3ccccc3)nc(Oc3ccccc3)n2)CCOCC1.[Cl-]. The van der Waals surface area contributed by atoms with Gasteiger partial charge in [-0.3, -0.25) is 4.48 Å². The summed E-state index contributed by atoms with van der Waals surface area (Å²) in [6.45, 7) is 5.92. The number of aromatic nitrogens is 3. The van der Waals surface area contributed by atoms with Crippen molar-refractivity contribution in [2.45, 2.75) is 6.92 Å². The standard InChI is InChI=1S/C21H23N4O3.ClH/c1-2-25(13-15-26-16-14-25)19-22-20(27-17-9-5-3-6-10-17)24-21(23-19)28-18-11-7-4-8-12-18;/h3-12H,2,13-16H2,1H3;1H/q+1;/p-1. The van der Waals surface area contributed by atoms with Gasteiger partial charge in [-0.1, -0.05) is 36.4 Å². The lowest BCUT2D eigenvalue weighted by Crippen LogP contribution is -3.00. The molecule has 1 saturated heterocycles. The molecule has 152 valence electrons. The molecule has 0 N–H and O–H groups in total. The Morgan fingerprint density at radius 3 is 1.72 bits per heavy atom. The van der Waals surface area contributed by atoms with Crippen LogP contribution in [0.4, 0.5) is 5.95 Å². The third-order valence-corrected chi connectivity index (χ3v) is 4.84. The summed E-state index contributed by atoms with van der Waals surface area (Å²) in [5.41, 5.74) is 0. The molecule has 1 aliphatic rings. The number of hydrogen-bond donors (Lipinski definition) is 0. The van der Waals surface area contributed by atoms with Crippen molar-refractivity contribution < 1.29 is 26.6 Å².